The summed E-state index contributed by atoms with van der Waals surface area (Å²) in [6.07, 6.45) is 3.58. The van der Waals surface area contributed by atoms with Crippen LogP contribution in [0.5, 0.6) is 0 Å². The van der Waals surface area contributed by atoms with Crippen LogP contribution in [0.3, 0.4) is 0 Å². The molecule has 0 amide bonds. The van der Waals surface area contributed by atoms with Crippen molar-refractivity contribution in [2.75, 3.05) is 17.2 Å². The molecule has 96 valence electrons. The highest BCUT2D eigenvalue weighted by Gasteiger charge is 2.13. The van der Waals surface area contributed by atoms with E-state index in [4.69, 9.17) is 17.3 Å². The summed E-state index contributed by atoms with van der Waals surface area (Å²) in [5.41, 5.74) is 5.62. The second-order valence-corrected chi connectivity index (χ2v) is 4.79. The van der Waals surface area contributed by atoms with Crippen LogP contribution in [0, 0.1) is 0 Å². The first-order valence-electron chi connectivity index (χ1n) is 6.11. The van der Waals surface area contributed by atoms with Crippen molar-refractivity contribution in [1.29, 1.82) is 0 Å². The van der Waals surface area contributed by atoms with Crippen molar-refractivity contribution in [2.24, 2.45) is 0 Å². The number of unbranched alkanes of at least 4 members (excludes halogenated alkanes) is 2. The summed E-state index contributed by atoms with van der Waals surface area (Å²) in [4.78, 5) is 10.3. The molecule has 1 aromatic heterocycles. The first-order chi connectivity index (χ1) is 8.04. The van der Waals surface area contributed by atoms with Crippen LogP contribution >= 0.6 is 11.6 Å². The van der Waals surface area contributed by atoms with Gasteiger partial charge in [-0.3, -0.25) is 0 Å². The van der Waals surface area contributed by atoms with Gasteiger partial charge in [-0.25, -0.2) is 4.98 Å². The monoisotopic (exact) mass is 256 g/mol. The van der Waals surface area contributed by atoms with Gasteiger partial charge in [-0.1, -0.05) is 31.4 Å². The van der Waals surface area contributed by atoms with Gasteiger partial charge in [-0.05, 0) is 20.3 Å². The van der Waals surface area contributed by atoms with Crippen molar-refractivity contribution < 1.29 is 0 Å². The Morgan fingerprint density at radius 3 is 2.59 bits per heavy atom. The molecule has 0 radical (unpaired) electrons. The Bertz CT molecular complexity index is 334. The molecule has 0 aliphatic rings. The Morgan fingerprint density at radius 1 is 1.35 bits per heavy atom. The largest absolute Gasteiger partial charge is 0.368 e. The maximum atomic E-state index is 5.90. The lowest BCUT2D eigenvalue weighted by Gasteiger charge is -2.28. The fourth-order valence-electron chi connectivity index (χ4n) is 1.74. The number of hydrogen-bond donors (Lipinski definition) is 1. The third-order valence-electron chi connectivity index (χ3n) is 2.62. The van der Waals surface area contributed by atoms with E-state index >= 15 is 0 Å². The van der Waals surface area contributed by atoms with E-state index in [0.717, 1.165) is 18.8 Å². The van der Waals surface area contributed by atoms with Crippen molar-refractivity contribution in [2.45, 2.75) is 46.1 Å². The van der Waals surface area contributed by atoms with Crippen molar-refractivity contribution in [3.8, 4) is 0 Å². The van der Waals surface area contributed by atoms with Crippen LogP contribution in [0.2, 0.25) is 5.15 Å². The predicted molar refractivity (Wildman–Crippen MR) is 73.5 cm³/mol. The van der Waals surface area contributed by atoms with E-state index < -0.39 is 0 Å². The summed E-state index contributed by atoms with van der Waals surface area (Å²) in [6, 6.07) is 2.14. The van der Waals surface area contributed by atoms with Gasteiger partial charge in [0.25, 0.3) is 0 Å². The number of nitrogens with zero attached hydrogens (tertiary/aromatic N) is 3. The summed E-state index contributed by atoms with van der Waals surface area (Å²) < 4.78 is 0. The van der Waals surface area contributed by atoms with Crippen molar-refractivity contribution in [3.05, 3.63) is 11.2 Å². The highest BCUT2D eigenvalue weighted by Crippen LogP contribution is 2.19. The van der Waals surface area contributed by atoms with Gasteiger partial charge in [0, 0.05) is 18.7 Å². The molecule has 0 aliphatic carbocycles. The number of rotatable bonds is 6. The molecule has 4 nitrogen and oxygen atoms in total. The molecule has 0 fully saturated rings. The lowest BCUT2D eigenvalue weighted by molar-refractivity contribution is 0.619. The smallest absolute Gasteiger partial charge is 0.223 e. The molecule has 0 bridgehead atoms. The van der Waals surface area contributed by atoms with Crippen LogP contribution in [0.4, 0.5) is 11.8 Å². The number of aromatic nitrogens is 2. The topological polar surface area (TPSA) is 55.0 Å². The van der Waals surface area contributed by atoms with Crippen molar-refractivity contribution in [1.82, 2.24) is 9.97 Å². The number of nitrogen functional groups attached to an aromatic ring is 1. The van der Waals surface area contributed by atoms with Crippen LogP contribution in [0.25, 0.3) is 0 Å². The van der Waals surface area contributed by atoms with Crippen LogP contribution < -0.4 is 10.6 Å². The fourth-order valence-corrected chi connectivity index (χ4v) is 1.92. The average molecular weight is 257 g/mol. The summed E-state index contributed by atoms with van der Waals surface area (Å²) in [7, 11) is 0. The Morgan fingerprint density at radius 2 is 2.06 bits per heavy atom. The SMILES string of the molecule is CCCCCN(c1cc(Cl)nc(N)n1)C(C)C. The molecule has 0 aliphatic heterocycles. The molecule has 17 heavy (non-hydrogen) atoms. The summed E-state index contributed by atoms with van der Waals surface area (Å²) in [6.45, 7) is 7.44. The molecule has 2 N–H and O–H groups in total. The Hall–Kier alpha value is -1.03. The maximum absolute atomic E-state index is 5.90. The zero-order valence-electron chi connectivity index (χ0n) is 10.8. The molecule has 1 rings (SSSR count). The molecule has 0 spiro atoms. The maximum Gasteiger partial charge on any atom is 0.223 e. The van der Waals surface area contributed by atoms with Crippen molar-refractivity contribution in [3.63, 3.8) is 0 Å². The Kier molecular flexibility index (Phi) is 5.48. The fraction of sp³-hybridized carbons (Fsp3) is 0.667. The molecular formula is C12H21ClN4. The average Bonchev–Trinajstić information content (AvgIpc) is 2.22. The van der Waals surface area contributed by atoms with E-state index in [1.807, 2.05) is 0 Å². The molecule has 1 aromatic rings. The Labute approximate surface area is 108 Å². The standard InChI is InChI=1S/C12H21ClN4/c1-4-5-6-7-17(9(2)3)11-8-10(13)15-12(14)16-11/h8-9H,4-7H2,1-3H3,(H2,14,15,16). The third-order valence-corrected chi connectivity index (χ3v) is 2.81. The predicted octanol–water partition coefficient (Wildman–Crippen LogP) is 3.12. The first kappa shape index (κ1) is 14.0. The summed E-state index contributed by atoms with van der Waals surface area (Å²) in [5.74, 6) is 1.04. The van der Waals surface area contributed by atoms with Gasteiger partial charge in [0.15, 0.2) is 0 Å². The van der Waals surface area contributed by atoms with E-state index in [2.05, 4.69) is 35.6 Å². The van der Waals surface area contributed by atoms with E-state index in [1.54, 1.807) is 6.07 Å². The second kappa shape index (κ2) is 6.64. The van der Waals surface area contributed by atoms with E-state index in [9.17, 15) is 0 Å². The van der Waals surface area contributed by atoms with E-state index in [-0.39, 0.29) is 5.95 Å². The highest BCUT2D eigenvalue weighted by molar-refractivity contribution is 6.29. The second-order valence-electron chi connectivity index (χ2n) is 4.40. The first-order valence-corrected chi connectivity index (χ1v) is 6.49. The van der Waals surface area contributed by atoms with Crippen molar-refractivity contribution >= 4 is 23.4 Å². The van der Waals surface area contributed by atoms with Crippen LogP contribution in [0.1, 0.15) is 40.0 Å². The van der Waals surface area contributed by atoms with Gasteiger partial charge in [0.1, 0.15) is 11.0 Å². The zero-order chi connectivity index (χ0) is 12.8. The van der Waals surface area contributed by atoms with Gasteiger partial charge in [-0.15, -0.1) is 0 Å². The summed E-state index contributed by atoms with van der Waals surface area (Å²) >= 11 is 5.90. The molecule has 5 heteroatoms. The molecule has 0 aromatic carbocycles. The lowest BCUT2D eigenvalue weighted by Crippen LogP contribution is -2.32. The molecule has 0 saturated heterocycles. The number of nitrogens with two attached hydrogens (primary N) is 1. The van der Waals surface area contributed by atoms with Crippen LogP contribution in [-0.2, 0) is 0 Å². The quantitative estimate of drug-likeness (QED) is 0.628. The van der Waals surface area contributed by atoms with Gasteiger partial charge in [-0.2, -0.15) is 4.98 Å². The zero-order valence-corrected chi connectivity index (χ0v) is 11.5. The van der Waals surface area contributed by atoms with Gasteiger partial charge in [0.05, 0.1) is 0 Å². The normalized spacial score (nSPS) is 10.9. The van der Waals surface area contributed by atoms with Gasteiger partial charge < -0.3 is 10.6 Å². The van der Waals surface area contributed by atoms with Gasteiger partial charge >= 0.3 is 0 Å². The Balaban J connectivity index is 2.81. The molecule has 0 saturated carbocycles. The number of hydrogen-bond acceptors (Lipinski definition) is 4. The number of halogens is 1. The minimum atomic E-state index is 0.230. The number of anilines is 2. The minimum Gasteiger partial charge on any atom is -0.368 e. The minimum absolute atomic E-state index is 0.230. The van der Waals surface area contributed by atoms with Crippen LogP contribution in [-0.4, -0.2) is 22.6 Å². The molecule has 1 heterocycles. The van der Waals surface area contributed by atoms with E-state index in [1.165, 1.54) is 12.8 Å². The highest BCUT2D eigenvalue weighted by atomic mass is 35.5. The lowest BCUT2D eigenvalue weighted by atomic mass is 10.2. The van der Waals surface area contributed by atoms with E-state index in [0.29, 0.717) is 11.2 Å². The molecule has 0 unspecified atom stereocenters. The summed E-state index contributed by atoms with van der Waals surface area (Å²) in [5, 5.41) is 0.397. The van der Waals surface area contributed by atoms with Gasteiger partial charge in [0.2, 0.25) is 5.95 Å². The third kappa shape index (κ3) is 4.38. The van der Waals surface area contributed by atoms with Crippen LogP contribution in [0.15, 0.2) is 6.07 Å². The molecule has 0 atom stereocenters. The molecular weight excluding hydrogens is 236 g/mol.